The summed E-state index contributed by atoms with van der Waals surface area (Å²) in [4.78, 5) is 20.5. The summed E-state index contributed by atoms with van der Waals surface area (Å²) in [6, 6.07) is 11.9. The van der Waals surface area contributed by atoms with Gasteiger partial charge in [-0.1, -0.05) is 24.3 Å². The first-order valence-corrected chi connectivity index (χ1v) is 5.08. The van der Waals surface area contributed by atoms with Crippen molar-refractivity contribution in [3.63, 3.8) is 0 Å². The van der Waals surface area contributed by atoms with Gasteiger partial charge in [-0.2, -0.15) is 0 Å². The van der Waals surface area contributed by atoms with Crippen LogP contribution in [0.15, 0.2) is 48.5 Å². The minimum absolute atomic E-state index is 0.0713. The Hall–Kier alpha value is -2.76. The highest BCUT2D eigenvalue weighted by Crippen LogP contribution is 2.31. The lowest BCUT2D eigenvalue weighted by molar-refractivity contribution is -0.385. The fourth-order valence-corrected chi connectivity index (χ4v) is 1.66. The van der Waals surface area contributed by atoms with Crippen molar-refractivity contribution in [1.29, 1.82) is 0 Å². The van der Waals surface area contributed by atoms with Crippen LogP contribution in [0.2, 0.25) is 0 Å². The standard InChI is InChI=1S/C12H8N2O4/c15-13(16)10-5-3-4-9(8-10)11-6-1-2-7-12(11)14(17)18/h1-8H. The maximum absolute atomic E-state index is 10.9. The van der Waals surface area contributed by atoms with E-state index in [9.17, 15) is 20.2 Å². The minimum Gasteiger partial charge on any atom is -0.258 e. The normalized spacial score (nSPS) is 10.0. The third-order valence-electron chi connectivity index (χ3n) is 2.47. The predicted octanol–water partition coefficient (Wildman–Crippen LogP) is 3.17. The summed E-state index contributed by atoms with van der Waals surface area (Å²) in [5.74, 6) is 0. The number of nitrogens with zero attached hydrogens (tertiary/aromatic N) is 2. The van der Waals surface area contributed by atoms with Crippen molar-refractivity contribution in [1.82, 2.24) is 0 Å². The molecule has 0 aliphatic rings. The molecule has 0 N–H and O–H groups in total. The Balaban J connectivity index is 2.58. The first-order chi connectivity index (χ1) is 8.59. The molecule has 2 aromatic carbocycles. The van der Waals surface area contributed by atoms with Crippen LogP contribution < -0.4 is 0 Å². The highest BCUT2D eigenvalue weighted by Gasteiger charge is 2.16. The summed E-state index contributed by atoms with van der Waals surface area (Å²) in [7, 11) is 0. The number of rotatable bonds is 3. The molecule has 0 atom stereocenters. The number of nitro benzene ring substituents is 2. The lowest BCUT2D eigenvalue weighted by Gasteiger charge is -2.02. The average molecular weight is 244 g/mol. The molecule has 0 saturated carbocycles. The molecule has 0 saturated heterocycles. The van der Waals surface area contributed by atoms with Crippen molar-refractivity contribution in [3.8, 4) is 11.1 Å². The minimum atomic E-state index is -0.529. The van der Waals surface area contributed by atoms with Crippen molar-refractivity contribution in [3.05, 3.63) is 68.8 Å². The van der Waals surface area contributed by atoms with Gasteiger partial charge in [0, 0.05) is 18.2 Å². The Morgan fingerprint density at radius 2 is 1.56 bits per heavy atom. The van der Waals surface area contributed by atoms with Crippen LogP contribution >= 0.6 is 0 Å². The molecule has 90 valence electrons. The molecule has 0 heterocycles. The summed E-state index contributed by atoms with van der Waals surface area (Å²) in [5.41, 5.74) is 0.659. The van der Waals surface area contributed by atoms with Gasteiger partial charge in [0.1, 0.15) is 0 Å². The van der Waals surface area contributed by atoms with E-state index in [-0.39, 0.29) is 11.4 Å². The Labute approximate surface area is 102 Å². The number of benzene rings is 2. The maximum atomic E-state index is 10.9. The molecule has 0 spiro atoms. The number of nitro groups is 2. The van der Waals surface area contributed by atoms with Gasteiger partial charge in [0.25, 0.3) is 11.4 Å². The van der Waals surface area contributed by atoms with Gasteiger partial charge in [-0.05, 0) is 11.6 Å². The molecule has 18 heavy (non-hydrogen) atoms. The van der Waals surface area contributed by atoms with E-state index in [1.807, 2.05) is 0 Å². The zero-order valence-corrected chi connectivity index (χ0v) is 9.15. The maximum Gasteiger partial charge on any atom is 0.277 e. The topological polar surface area (TPSA) is 86.3 Å². The summed E-state index contributed by atoms with van der Waals surface area (Å²) < 4.78 is 0. The van der Waals surface area contributed by atoms with E-state index in [0.717, 1.165) is 0 Å². The fourth-order valence-electron chi connectivity index (χ4n) is 1.66. The number of non-ortho nitro benzene ring substituents is 1. The van der Waals surface area contributed by atoms with Crippen molar-refractivity contribution in [2.24, 2.45) is 0 Å². The van der Waals surface area contributed by atoms with E-state index in [1.54, 1.807) is 24.3 Å². The van der Waals surface area contributed by atoms with Gasteiger partial charge in [0.15, 0.2) is 0 Å². The number of hydrogen-bond donors (Lipinski definition) is 0. The first-order valence-electron chi connectivity index (χ1n) is 5.08. The Bertz CT molecular complexity index is 625. The van der Waals surface area contributed by atoms with E-state index >= 15 is 0 Å². The average Bonchev–Trinajstić information content (AvgIpc) is 2.39. The van der Waals surface area contributed by atoms with E-state index < -0.39 is 9.85 Å². The summed E-state index contributed by atoms with van der Waals surface area (Å²) in [6.45, 7) is 0. The molecular weight excluding hydrogens is 236 g/mol. The monoisotopic (exact) mass is 244 g/mol. The van der Waals surface area contributed by atoms with Crippen LogP contribution in [0.1, 0.15) is 0 Å². The van der Waals surface area contributed by atoms with Gasteiger partial charge in [0.05, 0.1) is 15.4 Å². The lowest BCUT2D eigenvalue weighted by Crippen LogP contribution is -1.92. The summed E-state index contributed by atoms with van der Waals surface area (Å²) in [5, 5.41) is 21.6. The van der Waals surface area contributed by atoms with E-state index in [0.29, 0.717) is 11.1 Å². The zero-order chi connectivity index (χ0) is 13.1. The molecule has 0 unspecified atom stereocenters. The molecule has 0 fully saturated rings. The predicted molar refractivity (Wildman–Crippen MR) is 65.2 cm³/mol. The van der Waals surface area contributed by atoms with Gasteiger partial charge >= 0.3 is 0 Å². The zero-order valence-electron chi connectivity index (χ0n) is 9.15. The quantitative estimate of drug-likeness (QED) is 0.612. The summed E-state index contributed by atoms with van der Waals surface area (Å²) >= 11 is 0. The van der Waals surface area contributed by atoms with Crippen LogP contribution in [0.25, 0.3) is 11.1 Å². The molecule has 0 radical (unpaired) electrons. The second-order valence-corrected chi connectivity index (χ2v) is 3.58. The molecule has 0 bridgehead atoms. The van der Waals surface area contributed by atoms with Crippen LogP contribution in [0.3, 0.4) is 0 Å². The molecular formula is C12H8N2O4. The third kappa shape index (κ3) is 2.17. The van der Waals surface area contributed by atoms with Crippen molar-refractivity contribution >= 4 is 11.4 Å². The van der Waals surface area contributed by atoms with Crippen LogP contribution in [-0.4, -0.2) is 9.85 Å². The third-order valence-corrected chi connectivity index (χ3v) is 2.47. The Morgan fingerprint density at radius 1 is 0.833 bits per heavy atom. The second-order valence-electron chi connectivity index (χ2n) is 3.58. The van der Waals surface area contributed by atoms with Crippen LogP contribution in [0, 0.1) is 20.2 Å². The van der Waals surface area contributed by atoms with Crippen LogP contribution in [-0.2, 0) is 0 Å². The molecule has 0 aliphatic heterocycles. The largest absolute Gasteiger partial charge is 0.277 e. The van der Waals surface area contributed by atoms with Gasteiger partial charge in [-0.15, -0.1) is 0 Å². The fraction of sp³-hybridized carbons (Fsp3) is 0. The molecule has 0 amide bonds. The van der Waals surface area contributed by atoms with Gasteiger partial charge in [0.2, 0.25) is 0 Å². The number of hydrogen-bond acceptors (Lipinski definition) is 4. The molecule has 6 nitrogen and oxygen atoms in total. The van der Waals surface area contributed by atoms with Crippen molar-refractivity contribution in [2.75, 3.05) is 0 Å². The first kappa shape index (κ1) is 11.7. The smallest absolute Gasteiger partial charge is 0.258 e. The summed E-state index contributed by atoms with van der Waals surface area (Å²) in [6.07, 6.45) is 0. The van der Waals surface area contributed by atoms with E-state index in [4.69, 9.17) is 0 Å². The van der Waals surface area contributed by atoms with E-state index in [1.165, 1.54) is 24.3 Å². The van der Waals surface area contributed by atoms with E-state index in [2.05, 4.69) is 0 Å². The lowest BCUT2D eigenvalue weighted by atomic mass is 10.0. The van der Waals surface area contributed by atoms with Crippen LogP contribution in [0.4, 0.5) is 11.4 Å². The molecule has 0 aliphatic carbocycles. The molecule has 2 aromatic rings. The number of para-hydroxylation sites is 1. The molecule has 2 rings (SSSR count). The van der Waals surface area contributed by atoms with Gasteiger partial charge in [-0.3, -0.25) is 20.2 Å². The molecule has 6 heteroatoms. The molecule has 0 aromatic heterocycles. The van der Waals surface area contributed by atoms with Gasteiger partial charge in [-0.25, -0.2) is 0 Å². The van der Waals surface area contributed by atoms with Crippen molar-refractivity contribution < 1.29 is 9.85 Å². The SMILES string of the molecule is O=[N+]([O-])c1cccc(-c2ccccc2[N+](=O)[O-])c1. The van der Waals surface area contributed by atoms with Gasteiger partial charge < -0.3 is 0 Å². The highest BCUT2D eigenvalue weighted by molar-refractivity contribution is 5.74. The van der Waals surface area contributed by atoms with Crippen LogP contribution in [0.5, 0.6) is 0 Å². The van der Waals surface area contributed by atoms with Crippen molar-refractivity contribution in [2.45, 2.75) is 0 Å². The highest BCUT2D eigenvalue weighted by atomic mass is 16.6. The second kappa shape index (κ2) is 4.62. The Kier molecular flexibility index (Phi) is 3.01. The Morgan fingerprint density at radius 3 is 2.22 bits per heavy atom.